The number of hydrogen-bond acceptors (Lipinski definition) is 5. The van der Waals surface area contributed by atoms with E-state index in [9.17, 15) is 19.5 Å². The van der Waals surface area contributed by atoms with Crippen molar-refractivity contribution >= 4 is 23.5 Å². The Morgan fingerprint density at radius 2 is 1.84 bits per heavy atom. The Kier molecular flexibility index (Phi) is 8.73. The molecular formula is C29H31ClN2O6. The highest BCUT2D eigenvalue weighted by molar-refractivity contribution is 6.30. The van der Waals surface area contributed by atoms with Crippen LogP contribution >= 0.6 is 11.6 Å². The second-order valence-corrected chi connectivity index (χ2v) is 9.92. The Hall–Kier alpha value is -3.78. The zero-order valence-electron chi connectivity index (χ0n) is 21.4. The maximum atomic E-state index is 13.7. The van der Waals surface area contributed by atoms with Crippen molar-refractivity contribution in [3.63, 3.8) is 0 Å². The molecule has 1 aliphatic rings. The quantitative estimate of drug-likeness (QED) is 0.348. The van der Waals surface area contributed by atoms with Gasteiger partial charge in [0.15, 0.2) is 11.5 Å². The average Bonchev–Trinajstić information content (AvgIpc) is 3.35. The SMILES string of the molecule is CCCC[C@H](C(=O)N[C@@H](CC(=O)O)c1ccc2c(c1)OCO2)n1cc(C)cc(Cc2ccc(Cl)cc2)c1=O. The van der Waals surface area contributed by atoms with Crippen LogP contribution in [0.3, 0.4) is 0 Å². The molecule has 3 aromatic rings. The minimum absolute atomic E-state index is 0.0858. The van der Waals surface area contributed by atoms with Crippen molar-refractivity contribution < 1.29 is 24.2 Å². The van der Waals surface area contributed by atoms with E-state index in [2.05, 4.69) is 5.32 Å². The second-order valence-electron chi connectivity index (χ2n) is 9.49. The summed E-state index contributed by atoms with van der Waals surface area (Å²) in [6, 6.07) is 12.6. The molecule has 1 aliphatic heterocycles. The van der Waals surface area contributed by atoms with Crippen LogP contribution in [0.25, 0.3) is 0 Å². The minimum atomic E-state index is -1.06. The summed E-state index contributed by atoms with van der Waals surface area (Å²) in [5.41, 5.74) is 2.68. The second kappa shape index (κ2) is 12.2. The molecule has 0 bridgehead atoms. The van der Waals surface area contributed by atoms with Crippen molar-refractivity contribution in [1.29, 1.82) is 0 Å². The van der Waals surface area contributed by atoms with Gasteiger partial charge in [0.1, 0.15) is 6.04 Å². The van der Waals surface area contributed by atoms with Crippen molar-refractivity contribution in [3.8, 4) is 11.5 Å². The van der Waals surface area contributed by atoms with E-state index in [4.69, 9.17) is 21.1 Å². The summed E-state index contributed by atoms with van der Waals surface area (Å²) < 4.78 is 12.3. The van der Waals surface area contributed by atoms with E-state index in [1.165, 1.54) is 4.57 Å². The van der Waals surface area contributed by atoms with Crippen LogP contribution in [-0.2, 0) is 16.0 Å². The number of benzene rings is 2. The summed E-state index contributed by atoms with van der Waals surface area (Å²) in [6.07, 6.45) is 3.77. The van der Waals surface area contributed by atoms with E-state index in [0.29, 0.717) is 40.5 Å². The molecule has 0 spiro atoms. The van der Waals surface area contributed by atoms with Crippen molar-refractivity contribution in [2.45, 2.75) is 58.0 Å². The number of amides is 1. The molecule has 38 heavy (non-hydrogen) atoms. The molecule has 9 heteroatoms. The van der Waals surface area contributed by atoms with Gasteiger partial charge in [0.05, 0.1) is 12.5 Å². The fourth-order valence-corrected chi connectivity index (χ4v) is 4.74. The number of unbranched alkanes of at least 4 members (excludes halogenated alkanes) is 1. The number of carboxylic acids is 1. The number of rotatable bonds is 11. The lowest BCUT2D eigenvalue weighted by molar-refractivity contribution is -0.138. The third-order valence-electron chi connectivity index (χ3n) is 6.53. The summed E-state index contributed by atoms with van der Waals surface area (Å²) in [6.45, 7) is 3.98. The van der Waals surface area contributed by atoms with Gasteiger partial charge in [0.25, 0.3) is 5.56 Å². The van der Waals surface area contributed by atoms with E-state index in [1.807, 2.05) is 32.0 Å². The number of carbonyl (C=O) groups excluding carboxylic acids is 1. The summed E-state index contributed by atoms with van der Waals surface area (Å²) >= 11 is 6.01. The molecule has 0 fully saturated rings. The highest BCUT2D eigenvalue weighted by Crippen LogP contribution is 2.35. The van der Waals surface area contributed by atoms with Crippen LogP contribution in [0.4, 0.5) is 0 Å². The van der Waals surface area contributed by atoms with Gasteiger partial charge in [-0.05, 0) is 60.4 Å². The molecule has 0 unspecified atom stereocenters. The lowest BCUT2D eigenvalue weighted by Crippen LogP contribution is -2.40. The number of carboxylic acid groups (broad SMARTS) is 1. The number of aromatic nitrogens is 1. The molecule has 0 saturated heterocycles. The summed E-state index contributed by atoms with van der Waals surface area (Å²) in [7, 11) is 0. The number of fused-ring (bicyclic) bond motifs is 1. The number of aliphatic carboxylic acids is 1. The van der Waals surface area contributed by atoms with E-state index >= 15 is 0 Å². The topological polar surface area (TPSA) is 107 Å². The summed E-state index contributed by atoms with van der Waals surface area (Å²) in [5, 5.41) is 13.1. The number of halogens is 1. The van der Waals surface area contributed by atoms with Gasteiger partial charge in [-0.15, -0.1) is 0 Å². The van der Waals surface area contributed by atoms with Crippen LogP contribution in [-0.4, -0.2) is 28.3 Å². The van der Waals surface area contributed by atoms with Gasteiger partial charge in [-0.25, -0.2) is 0 Å². The highest BCUT2D eigenvalue weighted by atomic mass is 35.5. The van der Waals surface area contributed by atoms with Gasteiger partial charge in [-0.2, -0.15) is 0 Å². The Morgan fingerprint density at radius 1 is 1.11 bits per heavy atom. The van der Waals surface area contributed by atoms with E-state index in [0.717, 1.165) is 24.0 Å². The summed E-state index contributed by atoms with van der Waals surface area (Å²) in [4.78, 5) is 39.0. The largest absolute Gasteiger partial charge is 0.481 e. The smallest absolute Gasteiger partial charge is 0.305 e. The predicted molar refractivity (Wildman–Crippen MR) is 144 cm³/mol. The molecule has 4 rings (SSSR count). The van der Waals surface area contributed by atoms with Gasteiger partial charge < -0.3 is 24.5 Å². The Morgan fingerprint density at radius 3 is 2.55 bits per heavy atom. The maximum Gasteiger partial charge on any atom is 0.305 e. The van der Waals surface area contributed by atoms with Crippen molar-refractivity contribution in [2.75, 3.05) is 6.79 Å². The zero-order valence-corrected chi connectivity index (χ0v) is 22.2. The molecule has 0 aliphatic carbocycles. The number of hydrogen-bond donors (Lipinski definition) is 2. The Bertz CT molecular complexity index is 1370. The maximum absolute atomic E-state index is 13.7. The normalized spacial score (nSPS) is 13.7. The lowest BCUT2D eigenvalue weighted by atomic mass is 10.0. The predicted octanol–water partition coefficient (Wildman–Crippen LogP) is 5.19. The highest BCUT2D eigenvalue weighted by Gasteiger charge is 2.27. The van der Waals surface area contributed by atoms with Gasteiger partial charge in [-0.3, -0.25) is 14.4 Å². The number of carbonyl (C=O) groups is 2. The molecule has 2 aromatic carbocycles. The first-order valence-corrected chi connectivity index (χ1v) is 13.0. The van der Waals surface area contributed by atoms with E-state index < -0.39 is 24.0 Å². The van der Waals surface area contributed by atoms with Gasteiger partial charge in [0, 0.05) is 23.2 Å². The lowest BCUT2D eigenvalue weighted by Gasteiger charge is -2.24. The van der Waals surface area contributed by atoms with Crippen molar-refractivity contribution in [2.24, 2.45) is 0 Å². The van der Waals surface area contributed by atoms with Crippen molar-refractivity contribution in [3.05, 3.63) is 92.4 Å². The van der Waals surface area contributed by atoms with Crippen LogP contribution in [0, 0.1) is 6.92 Å². The zero-order chi connectivity index (χ0) is 27.2. The molecule has 2 N–H and O–H groups in total. The van der Waals surface area contributed by atoms with Crippen LogP contribution in [0.2, 0.25) is 5.02 Å². The minimum Gasteiger partial charge on any atom is -0.481 e. The third-order valence-corrected chi connectivity index (χ3v) is 6.78. The molecule has 1 aromatic heterocycles. The van der Waals surface area contributed by atoms with Crippen LogP contribution in [0.5, 0.6) is 11.5 Å². The first-order chi connectivity index (χ1) is 18.2. The average molecular weight is 539 g/mol. The van der Waals surface area contributed by atoms with Gasteiger partial charge in [0.2, 0.25) is 12.7 Å². The Labute approximate surface area is 226 Å². The number of ether oxygens (including phenoxy) is 2. The molecule has 200 valence electrons. The molecule has 2 heterocycles. The van der Waals surface area contributed by atoms with Crippen molar-refractivity contribution in [1.82, 2.24) is 9.88 Å². The standard InChI is InChI=1S/C29H31ClN2O6/c1-3-4-5-24(32-16-18(2)12-21(29(32)36)13-19-6-9-22(30)10-7-19)28(35)31-23(15-27(33)34)20-8-11-25-26(14-20)38-17-37-25/h6-12,14,16,23-24H,3-5,13,15,17H2,1-2H3,(H,31,35)(H,33,34)/t23-,24+/m0/s1. The number of nitrogens with one attached hydrogen (secondary N) is 1. The summed E-state index contributed by atoms with van der Waals surface area (Å²) in [5.74, 6) is -0.408. The molecular weight excluding hydrogens is 508 g/mol. The van der Waals surface area contributed by atoms with Crippen LogP contribution in [0.15, 0.2) is 59.5 Å². The molecule has 2 atom stereocenters. The van der Waals surface area contributed by atoms with E-state index in [1.54, 1.807) is 36.5 Å². The van der Waals surface area contributed by atoms with Crippen LogP contribution in [0.1, 0.15) is 66.9 Å². The molecule has 0 saturated carbocycles. The molecule has 8 nitrogen and oxygen atoms in total. The monoisotopic (exact) mass is 538 g/mol. The number of nitrogens with zero attached hydrogens (tertiary/aromatic N) is 1. The third kappa shape index (κ3) is 6.55. The number of aryl methyl sites for hydroxylation is 1. The molecule has 0 radical (unpaired) electrons. The fraction of sp³-hybridized carbons (Fsp3) is 0.345. The first kappa shape index (κ1) is 27.3. The number of pyridine rings is 1. The molecule has 1 amide bonds. The van der Waals surface area contributed by atoms with E-state index in [-0.39, 0.29) is 18.8 Å². The van der Waals surface area contributed by atoms with Gasteiger partial charge >= 0.3 is 5.97 Å². The first-order valence-electron chi connectivity index (χ1n) is 12.6. The van der Waals surface area contributed by atoms with Crippen LogP contribution < -0.4 is 20.3 Å². The Balaban J connectivity index is 1.65. The van der Waals surface area contributed by atoms with Gasteiger partial charge in [-0.1, -0.05) is 49.6 Å². The fourth-order valence-electron chi connectivity index (χ4n) is 4.62.